The SMILES string of the molecule is Cc1cc(F)c(Cl)c(C2(CN)CCCC2)c1C. The summed E-state index contributed by atoms with van der Waals surface area (Å²) in [5.41, 5.74) is 8.87. The largest absolute Gasteiger partial charge is 0.330 e. The van der Waals surface area contributed by atoms with Gasteiger partial charge in [-0.05, 0) is 49.4 Å². The topological polar surface area (TPSA) is 26.0 Å². The van der Waals surface area contributed by atoms with Crippen LogP contribution in [0.3, 0.4) is 0 Å². The quantitative estimate of drug-likeness (QED) is 0.853. The number of benzene rings is 1. The standard InChI is InChI=1S/C14H19ClFN/c1-9-7-11(16)13(15)12(10(9)2)14(8-17)5-3-4-6-14/h7H,3-6,8,17H2,1-2H3. The highest BCUT2D eigenvalue weighted by Gasteiger charge is 2.38. The Kier molecular flexibility index (Phi) is 3.46. The molecule has 1 aromatic rings. The molecule has 0 heterocycles. The van der Waals surface area contributed by atoms with Crippen molar-refractivity contribution in [3.05, 3.63) is 33.6 Å². The van der Waals surface area contributed by atoms with Crippen LogP contribution in [0, 0.1) is 19.7 Å². The Morgan fingerprint density at radius 3 is 2.47 bits per heavy atom. The van der Waals surface area contributed by atoms with E-state index in [9.17, 15) is 4.39 Å². The van der Waals surface area contributed by atoms with Crippen LogP contribution >= 0.6 is 11.6 Å². The van der Waals surface area contributed by atoms with Gasteiger partial charge in [-0.25, -0.2) is 4.39 Å². The third-order valence-corrected chi connectivity index (χ3v) is 4.59. The van der Waals surface area contributed by atoms with E-state index >= 15 is 0 Å². The van der Waals surface area contributed by atoms with E-state index in [1.54, 1.807) is 0 Å². The van der Waals surface area contributed by atoms with Gasteiger partial charge in [0.05, 0.1) is 5.02 Å². The number of aryl methyl sites for hydroxylation is 1. The molecule has 2 rings (SSSR count). The fourth-order valence-corrected chi connectivity index (χ4v) is 3.48. The molecule has 1 aliphatic carbocycles. The summed E-state index contributed by atoms with van der Waals surface area (Å²) >= 11 is 6.19. The van der Waals surface area contributed by atoms with Gasteiger partial charge < -0.3 is 5.73 Å². The average Bonchev–Trinajstić information content (AvgIpc) is 2.77. The monoisotopic (exact) mass is 255 g/mol. The summed E-state index contributed by atoms with van der Waals surface area (Å²) in [6.07, 6.45) is 4.35. The van der Waals surface area contributed by atoms with Crippen molar-refractivity contribution in [2.45, 2.75) is 44.9 Å². The van der Waals surface area contributed by atoms with Crippen LogP contribution in [0.15, 0.2) is 6.07 Å². The van der Waals surface area contributed by atoms with E-state index in [2.05, 4.69) is 0 Å². The Balaban J connectivity index is 2.65. The van der Waals surface area contributed by atoms with E-state index < -0.39 is 0 Å². The Morgan fingerprint density at radius 1 is 1.35 bits per heavy atom. The van der Waals surface area contributed by atoms with E-state index in [1.807, 2.05) is 13.8 Å². The summed E-state index contributed by atoms with van der Waals surface area (Å²) in [7, 11) is 0. The lowest BCUT2D eigenvalue weighted by atomic mass is 9.76. The van der Waals surface area contributed by atoms with Crippen molar-refractivity contribution in [2.75, 3.05) is 6.54 Å². The predicted molar refractivity (Wildman–Crippen MR) is 70.1 cm³/mol. The van der Waals surface area contributed by atoms with Crippen LogP contribution in [-0.4, -0.2) is 6.54 Å². The van der Waals surface area contributed by atoms with E-state index in [4.69, 9.17) is 17.3 Å². The van der Waals surface area contributed by atoms with Gasteiger partial charge >= 0.3 is 0 Å². The summed E-state index contributed by atoms with van der Waals surface area (Å²) < 4.78 is 13.8. The summed E-state index contributed by atoms with van der Waals surface area (Å²) in [4.78, 5) is 0. The summed E-state index contributed by atoms with van der Waals surface area (Å²) in [5, 5.41) is 0.278. The number of nitrogens with two attached hydrogens (primary N) is 1. The first-order valence-electron chi connectivity index (χ1n) is 6.17. The van der Waals surface area contributed by atoms with Gasteiger partial charge in [0.15, 0.2) is 0 Å². The Labute approximate surface area is 107 Å². The van der Waals surface area contributed by atoms with Gasteiger partial charge in [-0.2, -0.15) is 0 Å². The minimum absolute atomic E-state index is 0.103. The third kappa shape index (κ3) is 1.98. The molecule has 0 amide bonds. The second-order valence-corrected chi connectivity index (χ2v) is 5.56. The highest BCUT2D eigenvalue weighted by Crippen LogP contribution is 2.45. The maximum atomic E-state index is 13.8. The molecule has 1 aromatic carbocycles. The molecule has 0 aliphatic heterocycles. The van der Waals surface area contributed by atoms with Crippen molar-refractivity contribution in [2.24, 2.45) is 5.73 Å². The molecule has 0 atom stereocenters. The van der Waals surface area contributed by atoms with Crippen LogP contribution in [-0.2, 0) is 5.41 Å². The zero-order valence-electron chi connectivity index (χ0n) is 10.4. The maximum Gasteiger partial charge on any atom is 0.142 e. The van der Waals surface area contributed by atoms with Gasteiger partial charge in [-0.15, -0.1) is 0 Å². The lowest BCUT2D eigenvalue weighted by Crippen LogP contribution is -2.33. The normalized spacial score (nSPS) is 18.6. The molecule has 17 heavy (non-hydrogen) atoms. The number of hydrogen-bond acceptors (Lipinski definition) is 1. The Bertz CT molecular complexity index is 410. The molecule has 0 bridgehead atoms. The fraction of sp³-hybridized carbons (Fsp3) is 0.571. The lowest BCUT2D eigenvalue weighted by Gasteiger charge is -2.31. The fourth-order valence-electron chi connectivity index (χ4n) is 3.08. The van der Waals surface area contributed by atoms with Crippen LogP contribution in [0.25, 0.3) is 0 Å². The lowest BCUT2D eigenvalue weighted by molar-refractivity contribution is 0.447. The smallest absolute Gasteiger partial charge is 0.142 e. The minimum atomic E-state index is -0.315. The molecule has 94 valence electrons. The predicted octanol–water partition coefficient (Wildman–Crippen LogP) is 3.87. The molecule has 1 aliphatic rings. The first kappa shape index (κ1) is 12.8. The van der Waals surface area contributed by atoms with Gasteiger partial charge in [0.2, 0.25) is 0 Å². The maximum absolute atomic E-state index is 13.8. The highest BCUT2D eigenvalue weighted by atomic mass is 35.5. The van der Waals surface area contributed by atoms with E-state index in [-0.39, 0.29) is 16.3 Å². The third-order valence-electron chi connectivity index (χ3n) is 4.22. The highest BCUT2D eigenvalue weighted by molar-refractivity contribution is 6.31. The Hall–Kier alpha value is -0.600. The van der Waals surface area contributed by atoms with E-state index in [0.717, 1.165) is 42.4 Å². The van der Waals surface area contributed by atoms with Gasteiger partial charge in [-0.3, -0.25) is 0 Å². The van der Waals surface area contributed by atoms with Crippen LogP contribution in [0.2, 0.25) is 5.02 Å². The second-order valence-electron chi connectivity index (χ2n) is 5.18. The van der Waals surface area contributed by atoms with E-state index in [0.29, 0.717) is 6.54 Å². The average molecular weight is 256 g/mol. The van der Waals surface area contributed by atoms with Gasteiger partial charge in [0.1, 0.15) is 5.82 Å². The molecule has 0 aromatic heterocycles. The zero-order valence-corrected chi connectivity index (χ0v) is 11.2. The van der Waals surface area contributed by atoms with Crippen LogP contribution in [0.1, 0.15) is 42.4 Å². The summed E-state index contributed by atoms with van der Waals surface area (Å²) in [6.45, 7) is 4.50. The first-order chi connectivity index (χ1) is 8.02. The zero-order chi connectivity index (χ0) is 12.6. The van der Waals surface area contributed by atoms with Crippen LogP contribution in [0.4, 0.5) is 4.39 Å². The summed E-state index contributed by atoms with van der Waals surface area (Å²) in [5.74, 6) is -0.315. The molecule has 0 saturated heterocycles. The Morgan fingerprint density at radius 2 is 1.94 bits per heavy atom. The minimum Gasteiger partial charge on any atom is -0.330 e. The number of halogens is 2. The molecule has 1 saturated carbocycles. The van der Waals surface area contributed by atoms with Crippen LogP contribution in [0.5, 0.6) is 0 Å². The van der Waals surface area contributed by atoms with Crippen molar-refractivity contribution >= 4 is 11.6 Å². The van der Waals surface area contributed by atoms with Crippen molar-refractivity contribution < 1.29 is 4.39 Å². The van der Waals surface area contributed by atoms with Crippen molar-refractivity contribution in [1.82, 2.24) is 0 Å². The molecule has 0 spiro atoms. The molecular formula is C14H19ClFN. The summed E-state index contributed by atoms with van der Waals surface area (Å²) in [6, 6.07) is 1.51. The van der Waals surface area contributed by atoms with Crippen LogP contribution < -0.4 is 5.73 Å². The van der Waals surface area contributed by atoms with E-state index in [1.165, 1.54) is 6.07 Å². The molecular weight excluding hydrogens is 237 g/mol. The van der Waals surface area contributed by atoms with Gasteiger partial charge in [-0.1, -0.05) is 24.4 Å². The molecule has 1 nitrogen and oxygen atoms in total. The number of hydrogen-bond donors (Lipinski definition) is 1. The first-order valence-corrected chi connectivity index (χ1v) is 6.55. The molecule has 0 unspecified atom stereocenters. The van der Waals surface area contributed by atoms with Crippen molar-refractivity contribution in [3.8, 4) is 0 Å². The number of rotatable bonds is 2. The second kappa shape index (κ2) is 4.58. The molecule has 2 N–H and O–H groups in total. The van der Waals surface area contributed by atoms with Gasteiger partial charge in [0, 0.05) is 12.0 Å². The van der Waals surface area contributed by atoms with Crippen molar-refractivity contribution in [1.29, 1.82) is 0 Å². The molecule has 1 fully saturated rings. The molecule has 0 radical (unpaired) electrons. The van der Waals surface area contributed by atoms with Gasteiger partial charge in [0.25, 0.3) is 0 Å². The van der Waals surface area contributed by atoms with Crippen molar-refractivity contribution in [3.63, 3.8) is 0 Å². The molecule has 3 heteroatoms.